The second-order valence-corrected chi connectivity index (χ2v) is 8.64. The monoisotopic (exact) mass is 550 g/mol. The highest BCUT2D eigenvalue weighted by molar-refractivity contribution is 9.10. The molecular weight excluding hydrogens is 536 g/mol. The predicted octanol–water partition coefficient (Wildman–Crippen LogP) is 6.35. The zero-order valence-corrected chi connectivity index (χ0v) is 19.8. The zero-order valence-electron chi connectivity index (χ0n) is 16.6. The van der Waals surface area contributed by atoms with Crippen LogP contribution in [-0.4, -0.2) is 18.1 Å². The second kappa shape index (κ2) is 9.89. The van der Waals surface area contributed by atoms with Crippen LogP contribution in [0, 0.1) is 0 Å². The summed E-state index contributed by atoms with van der Waals surface area (Å²) in [6.07, 6.45) is 1.49. The molecule has 0 saturated heterocycles. The molecule has 1 amide bonds. The molecule has 0 fully saturated rings. The number of hydrazone groups is 1. The number of ether oxygens (including phenoxy) is 1. The Morgan fingerprint density at radius 3 is 2.38 bits per heavy atom. The van der Waals surface area contributed by atoms with Gasteiger partial charge in [0.2, 0.25) is 0 Å². The van der Waals surface area contributed by atoms with Gasteiger partial charge in [-0.2, -0.15) is 5.10 Å². The Balaban J connectivity index is 1.62. The van der Waals surface area contributed by atoms with Crippen LogP contribution in [0.1, 0.15) is 26.3 Å². The molecule has 0 spiro atoms. The average molecular weight is 552 g/mol. The van der Waals surface area contributed by atoms with Crippen molar-refractivity contribution in [3.63, 3.8) is 0 Å². The first-order chi connectivity index (χ1) is 15.5. The van der Waals surface area contributed by atoms with Crippen molar-refractivity contribution in [2.45, 2.75) is 0 Å². The predicted molar refractivity (Wildman–Crippen MR) is 132 cm³/mol. The fourth-order valence-electron chi connectivity index (χ4n) is 3.09. The van der Waals surface area contributed by atoms with E-state index < -0.39 is 5.97 Å². The summed E-state index contributed by atoms with van der Waals surface area (Å²) >= 11 is 6.70. The molecule has 158 valence electrons. The minimum atomic E-state index is -0.486. The molecule has 4 aromatic rings. The Labute approximate surface area is 201 Å². The van der Waals surface area contributed by atoms with E-state index in [1.165, 1.54) is 6.21 Å². The zero-order chi connectivity index (χ0) is 22.5. The minimum Gasteiger partial charge on any atom is -0.422 e. The summed E-state index contributed by atoms with van der Waals surface area (Å²) in [6, 6.07) is 25.2. The molecule has 0 radical (unpaired) electrons. The molecule has 0 aromatic heterocycles. The normalized spacial score (nSPS) is 10.9. The lowest BCUT2D eigenvalue weighted by atomic mass is 10.0. The van der Waals surface area contributed by atoms with Crippen molar-refractivity contribution in [2.75, 3.05) is 0 Å². The van der Waals surface area contributed by atoms with Gasteiger partial charge < -0.3 is 4.74 Å². The SMILES string of the molecule is O=C(N/N=C/c1c(OC(=O)c2ccc(Br)cc2)ccc2ccccc12)c1cccc(Br)c1. The first-order valence-electron chi connectivity index (χ1n) is 9.60. The lowest BCUT2D eigenvalue weighted by Crippen LogP contribution is -2.17. The number of nitrogens with one attached hydrogen (secondary N) is 1. The van der Waals surface area contributed by atoms with Gasteiger partial charge in [-0.05, 0) is 59.3 Å². The van der Waals surface area contributed by atoms with E-state index >= 15 is 0 Å². The third kappa shape index (κ3) is 5.12. The van der Waals surface area contributed by atoms with E-state index in [0.29, 0.717) is 22.4 Å². The number of nitrogens with zero attached hydrogens (tertiary/aromatic N) is 1. The number of esters is 1. The molecule has 0 aliphatic carbocycles. The summed E-state index contributed by atoms with van der Waals surface area (Å²) in [5, 5.41) is 5.91. The van der Waals surface area contributed by atoms with Gasteiger partial charge in [0.05, 0.1) is 11.8 Å². The molecule has 0 unspecified atom stereocenters. The standard InChI is InChI=1S/C25H16Br2N2O3/c26-19-11-8-17(9-12-19)25(31)32-23-13-10-16-4-1-2-7-21(16)22(23)15-28-29-24(30)18-5-3-6-20(27)14-18/h1-15H,(H,29,30)/b28-15+. The maximum atomic E-state index is 12.7. The van der Waals surface area contributed by atoms with E-state index in [0.717, 1.165) is 19.7 Å². The van der Waals surface area contributed by atoms with Crippen LogP contribution in [-0.2, 0) is 0 Å². The molecule has 0 atom stereocenters. The number of halogens is 2. The van der Waals surface area contributed by atoms with E-state index in [9.17, 15) is 9.59 Å². The number of amides is 1. The largest absolute Gasteiger partial charge is 0.422 e. The van der Waals surface area contributed by atoms with E-state index in [-0.39, 0.29) is 5.91 Å². The number of rotatable bonds is 5. The van der Waals surface area contributed by atoms with Gasteiger partial charge in [0.1, 0.15) is 5.75 Å². The van der Waals surface area contributed by atoms with Crippen LogP contribution >= 0.6 is 31.9 Å². The number of carbonyl (C=O) groups excluding carboxylic acids is 2. The van der Waals surface area contributed by atoms with E-state index in [2.05, 4.69) is 42.4 Å². The topological polar surface area (TPSA) is 67.8 Å². The molecule has 1 N–H and O–H groups in total. The summed E-state index contributed by atoms with van der Waals surface area (Å²) in [7, 11) is 0. The van der Waals surface area contributed by atoms with Gasteiger partial charge in [0.25, 0.3) is 5.91 Å². The van der Waals surface area contributed by atoms with Crippen molar-refractivity contribution in [1.82, 2.24) is 5.43 Å². The van der Waals surface area contributed by atoms with Crippen LogP contribution in [0.5, 0.6) is 5.75 Å². The fourth-order valence-corrected chi connectivity index (χ4v) is 3.76. The molecule has 0 aliphatic heterocycles. The number of hydrogen-bond donors (Lipinski definition) is 1. The molecule has 4 aromatic carbocycles. The van der Waals surface area contributed by atoms with E-state index in [1.807, 2.05) is 36.4 Å². The Morgan fingerprint density at radius 2 is 1.59 bits per heavy atom. The summed E-state index contributed by atoms with van der Waals surface area (Å²) in [5.74, 6) is -0.492. The Bertz CT molecular complexity index is 1330. The number of hydrogen-bond acceptors (Lipinski definition) is 4. The van der Waals surface area contributed by atoms with Gasteiger partial charge in [-0.25, -0.2) is 10.2 Å². The molecule has 0 saturated carbocycles. The summed E-state index contributed by atoms with van der Waals surface area (Å²) in [5.41, 5.74) is 4.00. The van der Waals surface area contributed by atoms with Crippen LogP contribution in [0.25, 0.3) is 10.8 Å². The second-order valence-electron chi connectivity index (χ2n) is 6.80. The van der Waals surface area contributed by atoms with Crippen molar-refractivity contribution < 1.29 is 14.3 Å². The molecular formula is C25H16Br2N2O3. The van der Waals surface area contributed by atoms with Crippen LogP contribution in [0.4, 0.5) is 0 Å². The van der Waals surface area contributed by atoms with Crippen LogP contribution in [0.3, 0.4) is 0 Å². The molecule has 0 heterocycles. The maximum Gasteiger partial charge on any atom is 0.343 e. The van der Waals surface area contributed by atoms with Crippen LogP contribution in [0.15, 0.2) is 99.0 Å². The highest BCUT2D eigenvalue weighted by atomic mass is 79.9. The van der Waals surface area contributed by atoms with Crippen molar-refractivity contribution in [3.8, 4) is 5.75 Å². The fraction of sp³-hybridized carbons (Fsp3) is 0. The van der Waals surface area contributed by atoms with Gasteiger partial charge >= 0.3 is 5.97 Å². The summed E-state index contributed by atoms with van der Waals surface area (Å²) < 4.78 is 7.34. The van der Waals surface area contributed by atoms with Gasteiger partial charge in [-0.15, -0.1) is 0 Å². The number of benzene rings is 4. The van der Waals surface area contributed by atoms with Crippen molar-refractivity contribution in [3.05, 3.63) is 111 Å². The Morgan fingerprint density at radius 1 is 0.812 bits per heavy atom. The Hall–Kier alpha value is -3.29. The summed E-state index contributed by atoms with van der Waals surface area (Å²) in [6.45, 7) is 0. The van der Waals surface area contributed by atoms with Gasteiger partial charge in [0.15, 0.2) is 0 Å². The summed E-state index contributed by atoms with van der Waals surface area (Å²) in [4.78, 5) is 25.0. The van der Waals surface area contributed by atoms with E-state index in [4.69, 9.17) is 4.74 Å². The lowest BCUT2D eigenvalue weighted by Gasteiger charge is -2.10. The van der Waals surface area contributed by atoms with Gasteiger partial charge in [-0.1, -0.05) is 68.3 Å². The number of carbonyl (C=O) groups is 2. The van der Waals surface area contributed by atoms with Crippen LogP contribution in [0.2, 0.25) is 0 Å². The quantitative estimate of drug-likeness (QED) is 0.136. The first kappa shape index (κ1) is 21.9. The van der Waals surface area contributed by atoms with E-state index in [1.54, 1.807) is 48.5 Å². The average Bonchev–Trinajstić information content (AvgIpc) is 2.80. The van der Waals surface area contributed by atoms with Crippen LogP contribution < -0.4 is 10.2 Å². The highest BCUT2D eigenvalue weighted by Gasteiger charge is 2.14. The van der Waals surface area contributed by atoms with Crippen molar-refractivity contribution in [1.29, 1.82) is 0 Å². The molecule has 0 aliphatic rings. The third-order valence-electron chi connectivity index (χ3n) is 4.66. The molecule has 5 nitrogen and oxygen atoms in total. The first-order valence-corrected chi connectivity index (χ1v) is 11.2. The minimum absolute atomic E-state index is 0.345. The Kier molecular flexibility index (Phi) is 6.78. The molecule has 4 rings (SSSR count). The maximum absolute atomic E-state index is 12.7. The molecule has 0 bridgehead atoms. The smallest absolute Gasteiger partial charge is 0.343 e. The number of fused-ring (bicyclic) bond motifs is 1. The third-order valence-corrected chi connectivity index (χ3v) is 5.68. The van der Waals surface area contributed by atoms with Crippen molar-refractivity contribution >= 4 is 60.7 Å². The van der Waals surface area contributed by atoms with Crippen molar-refractivity contribution in [2.24, 2.45) is 5.10 Å². The van der Waals surface area contributed by atoms with Gasteiger partial charge in [0, 0.05) is 20.1 Å². The highest BCUT2D eigenvalue weighted by Crippen LogP contribution is 2.27. The molecule has 7 heteroatoms. The molecule has 32 heavy (non-hydrogen) atoms. The lowest BCUT2D eigenvalue weighted by molar-refractivity contribution is 0.0734. The van der Waals surface area contributed by atoms with Gasteiger partial charge in [-0.3, -0.25) is 4.79 Å².